The number of hydrogen-bond acceptors (Lipinski definition) is 2. The lowest BCUT2D eigenvalue weighted by Gasteiger charge is -2.17. The smallest absolute Gasteiger partial charge is 0.377 e. The largest absolute Gasteiger partial charge is 0.391 e. The molecule has 0 aliphatic heterocycles. The van der Waals surface area contributed by atoms with Crippen molar-refractivity contribution >= 4 is 0 Å². The van der Waals surface area contributed by atoms with Gasteiger partial charge in [-0.1, -0.05) is 0 Å². The van der Waals surface area contributed by atoms with E-state index >= 15 is 0 Å². The summed E-state index contributed by atoms with van der Waals surface area (Å²) in [5, 5.41) is 2.65. The average Bonchev–Trinajstić information content (AvgIpc) is 1.84. The molecule has 0 aliphatic carbocycles. The third kappa shape index (κ3) is 6.42. The van der Waals surface area contributed by atoms with Crippen LogP contribution in [-0.4, -0.2) is 32.5 Å². The molecule has 1 atom stereocenters. The van der Waals surface area contributed by atoms with E-state index in [0.717, 1.165) is 0 Å². The van der Waals surface area contributed by atoms with E-state index < -0.39 is 18.7 Å². The molecular weight excluding hydrogens is 171 g/mol. The minimum absolute atomic E-state index is 0.230. The minimum atomic E-state index is -4.14. The van der Waals surface area contributed by atoms with Crippen molar-refractivity contribution in [3.05, 3.63) is 0 Å². The molecule has 0 aromatic rings. The number of likely N-dealkylation sites (N-methyl/N-ethyl adjacent to an activating group) is 1. The molecule has 2 nitrogen and oxygen atoms in total. The standard InChI is InChI=1S/C7H14F3NO/c1-3-12-6(5-11-2)4-7(8,9)10/h6,11H,3-5H2,1-2H3. The van der Waals surface area contributed by atoms with Crippen LogP contribution in [0.5, 0.6) is 0 Å². The monoisotopic (exact) mass is 185 g/mol. The van der Waals surface area contributed by atoms with Gasteiger partial charge >= 0.3 is 6.18 Å². The van der Waals surface area contributed by atoms with Crippen molar-refractivity contribution < 1.29 is 17.9 Å². The number of hydrogen-bond donors (Lipinski definition) is 1. The summed E-state index contributed by atoms with van der Waals surface area (Å²) >= 11 is 0. The Hall–Kier alpha value is -0.290. The van der Waals surface area contributed by atoms with Gasteiger partial charge in [0, 0.05) is 13.2 Å². The molecule has 74 valence electrons. The number of ether oxygens (including phenoxy) is 1. The zero-order valence-electron chi connectivity index (χ0n) is 7.24. The van der Waals surface area contributed by atoms with Crippen molar-refractivity contribution in [3.8, 4) is 0 Å². The predicted molar refractivity (Wildman–Crippen MR) is 40.0 cm³/mol. The number of rotatable bonds is 5. The molecule has 0 heterocycles. The van der Waals surface area contributed by atoms with E-state index in [9.17, 15) is 13.2 Å². The number of alkyl halides is 3. The Kier molecular flexibility index (Phi) is 5.24. The Balaban J connectivity index is 3.77. The highest BCUT2D eigenvalue weighted by Crippen LogP contribution is 2.22. The summed E-state index contributed by atoms with van der Waals surface area (Å²) in [7, 11) is 1.60. The molecule has 0 spiro atoms. The first-order chi connectivity index (χ1) is 5.49. The Morgan fingerprint density at radius 3 is 2.33 bits per heavy atom. The van der Waals surface area contributed by atoms with Crippen molar-refractivity contribution in [2.75, 3.05) is 20.2 Å². The minimum Gasteiger partial charge on any atom is -0.377 e. The summed E-state index contributed by atoms with van der Waals surface area (Å²) in [5.74, 6) is 0. The molecule has 0 aliphatic rings. The zero-order valence-corrected chi connectivity index (χ0v) is 7.24. The predicted octanol–water partition coefficient (Wildman–Crippen LogP) is 1.56. The summed E-state index contributed by atoms with van der Waals surface area (Å²) < 4.78 is 40.4. The van der Waals surface area contributed by atoms with Gasteiger partial charge in [-0.05, 0) is 14.0 Å². The molecular formula is C7H14F3NO. The van der Waals surface area contributed by atoms with E-state index in [1.165, 1.54) is 0 Å². The van der Waals surface area contributed by atoms with Crippen LogP contribution in [0.1, 0.15) is 13.3 Å². The third-order valence-electron chi connectivity index (χ3n) is 1.29. The van der Waals surface area contributed by atoms with E-state index in [-0.39, 0.29) is 6.54 Å². The van der Waals surface area contributed by atoms with Crippen LogP contribution in [0.25, 0.3) is 0 Å². The molecule has 0 amide bonds. The summed E-state index contributed by atoms with van der Waals surface area (Å²) in [6.07, 6.45) is -5.79. The molecule has 0 saturated heterocycles. The Labute approximate surface area is 70.1 Å². The van der Waals surface area contributed by atoms with Gasteiger partial charge in [-0.2, -0.15) is 13.2 Å². The first-order valence-corrected chi connectivity index (χ1v) is 3.82. The van der Waals surface area contributed by atoms with Crippen molar-refractivity contribution in [3.63, 3.8) is 0 Å². The summed E-state index contributed by atoms with van der Waals surface area (Å²) in [5.41, 5.74) is 0. The maximum Gasteiger partial charge on any atom is 0.391 e. The quantitative estimate of drug-likeness (QED) is 0.701. The van der Waals surface area contributed by atoms with Gasteiger partial charge < -0.3 is 10.1 Å². The molecule has 1 unspecified atom stereocenters. The van der Waals surface area contributed by atoms with Crippen molar-refractivity contribution in [2.24, 2.45) is 0 Å². The Morgan fingerprint density at radius 2 is 2.00 bits per heavy atom. The summed E-state index contributed by atoms with van der Waals surface area (Å²) in [6, 6.07) is 0. The van der Waals surface area contributed by atoms with Gasteiger partial charge in [-0.3, -0.25) is 0 Å². The average molecular weight is 185 g/mol. The van der Waals surface area contributed by atoms with Crippen molar-refractivity contribution in [2.45, 2.75) is 25.6 Å². The molecule has 1 N–H and O–H groups in total. The van der Waals surface area contributed by atoms with Crippen LogP contribution in [0.4, 0.5) is 13.2 Å². The van der Waals surface area contributed by atoms with Gasteiger partial charge in [0.25, 0.3) is 0 Å². The second-order valence-electron chi connectivity index (χ2n) is 2.45. The van der Waals surface area contributed by atoms with Gasteiger partial charge in [0.05, 0.1) is 12.5 Å². The Morgan fingerprint density at radius 1 is 1.42 bits per heavy atom. The molecule has 0 aromatic heterocycles. The van der Waals surface area contributed by atoms with Crippen LogP contribution < -0.4 is 5.32 Å². The molecule has 0 aromatic carbocycles. The van der Waals surface area contributed by atoms with Crippen LogP contribution in [0, 0.1) is 0 Å². The van der Waals surface area contributed by atoms with E-state index in [0.29, 0.717) is 6.61 Å². The lowest BCUT2D eigenvalue weighted by atomic mass is 10.2. The lowest BCUT2D eigenvalue weighted by Crippen LogP contribution is -2.31. The normalized spacial score (nSPS) is 14.8. The van der Waals surface area contributed by atoms with E-state index in [4.69, 9.17) is 4.74 Å². The van der Waals surface area contributed by atoms with Gasteiger partial charge in [0.15, 0.2) is 0 Å². The fraction of sp³-hybridized carbons (Fsp3) is 1.00. The molecule has 0 bridgehead atoms. The zero-order chi connectivity index (χ0) is 9.61. The highest BCUT2D eigenvalue weighted by atomic mass is 19.4. The molecule has 0 saturated carbocycles. The molecule has 0 radical (unpaired) electrons. The highest BCUT2D eigenvalue weighted by Gasteiger charge is 2.31. The second-order valence-corrected chi connectivity index (χ2v) is 2.45. The van der Waals surface area contributed by atoms with Crippen LogP contribution in [0.2, 0.25) is 0 Å². The first-order valence-electron chi connectivity index (χ1n) is 3.82. The summed E-state index contributed by atoms with van der Waals surface area (Å²) in [6.45, 7) is 2.22. The van der Waals surface area contributed by atoms with E-state index in [1.807, 2.05) is 0 Å². The fourth-order valence-electron chi connectivity index (χ4n) is 0.912. The topological polar surface area (TPSA) is 21.3 Å². The molecule has 0 fully saturated rings. The molecule has 0 rings (SSSR count). The number of nitrogens with one attached hydrogen (secondary N) is 1. The van der Waals surface area contributed by atoms with Crippen LogP contribution in [0.3, 0.4) is 0 Å². The van der Waals surface area contributed by atoms with Gasteiger partial charge in [0.2, 0.25) is 0 Å². The van der Waals surface area contributed by atoms with Crippen molar-refractivity contribution in [1.29, 1.82) is 0 Å². The third-order valence-corrected chi connectivity index (χ3v) is 1.29. The maximum absolute atomic E-state index is 11.8. The molecule has 12 heavy (non-hydrogen) atoms. The van der Waals surface area contributed by atoms with Gasteiger partial charge in [-0.25, -0.2) is 0 Å². The van der Waals surface area contributed by atoms with Crippen molar-refractivity contribution in [1.82, 2.24) is 5.32 Å². The highest BCUT2D eigenvalue weighted by molar-refractivity contribution is 4.65. The SMILES string of the molecule is CCOC(CNC)CC(F)(F)F. The van der Waals surface area contributed by atoms with E-state index in [2.05, 4.69) is 5.32 Å². The molecule has 5 heteroatoms. The van der Waals surface area contributed by atoms with Gasteiger partial charge in [0.1, 0.15) is 0 Å². The second kappa shape index (κ2) is 5.37. The van der Waals surface area contributed by atoms with Crippen LogP contribution in [-0.2, 0) is 4.74 Å². The Bertz CT molecular complexity index is 110. The fourth-order valence-corrected chi connectivity index (χ4v) is 0.912. The van der Waals surface area contributed by atoms with Crippen LogP contribution >= 0.6 is 0 Å². The summed E-state index contributed by atoms with van der Waals surface area (Å²) in [4.78, 5) is 0. The number of halogens is 3. The maximum atomic E-state index is 11.8. The van der Waals surface area contributed by atoms with Gasteiger partial charge in [-0.15, -0.1) is 0 Å². The first kappa shape index (κ1) is 11.7. The lowest BCUT2D eigenvalue weighted by molar-refractivity contribution is -0.159. The van der Waals surface area contributed by atoms with Crippen LogP contribution in [0.15, 0.2) is 0 Å². The van der Waals surface area contributed by atoms with E-state index in [1.54, 1.807) is 14.0 Å².